The van der Waals surface area contributed by atoms with Crippen LogP contribution in [0.2, 0.25) is 0 Å². The van der Waals surface area contributed by atoms with Crippen LogP contribution < -0.4 is 4.74 Å². The Hall–Kier alpha value is -1.57. The van der Waals surface area contributed by atoms with Gasteiger partial charge in [-0.2, -0.15) is 0 Å². The van der Waals surface area contributed by atoms with Gasteiger partial charge in [0.05, 0.1) is 0 Å². The molecule has 86 valence electrons. The third kappa shape index (κ3) is 5.35. The average molecular weight is 218 g/mol. The van der Waals surface area contributed by atoms with Crippen LogP contribution >= 0.6 is 0 Å². The molecule has 0 bridgehead atoms. The first-order chi connectivity index (χ1) is 7.83. The Morgan fingerprint density at radius 3 is 2.69 bits per heavy atom. The summed E-state index contributed by atoms with van der Waals surface area (Å²) in [4.78, 5) is 11.4. The highest BCUT2D eigenvalue weighted by Crippen LogP contribution is 2.10. The van der Waals surface area contributed by atoms with E-state index in [4.69, 9.17) is 4.74 Å². The van der Waals surface area contributed by atoms with Gasteiger partial charge in [-0.1, -0.05) is 37.3 Å². The normalized spacial score (nSPS) is 10.6. The van der Waals surface area contributed by atoms with E-state index in [1.54, 1.807) is 12.1 Å². The minimum atomic E-state index is -0.156. The first-order valence-electron chi connectivity index (χ1n) is 5.73. The molecule has 0 heterocycles. The number of carbonyl (C=O) groups excluding carboxylic acids is 1. The van der Waals surface area contributed by atoms with Gasteiger partial charge in [-0.3, -0.25) is 4.79 Å². The van der Waals surface area contributed by atoms with Crippen molar-refractivity contribution in [1.29, 1.82) is 0 Å². The van der Waals surface area contributed by atoms with E-state index in [1.165, 1.54) is 0 Å². The van der Waals surface area contributed by atoms with Gasteiger partial charge in [-0.25, -0.2) is 0 Å². The highest BCUT2D eigenvalue weighted by atomic mass is 16.5. The van der Waals surface area contributed by atoms with Crippen molar-refractivity contribution in [3.63, 3.8) is 0 Å². The number of esters is 1. The molecule has 0 N–H and O–H groups in total. The molecule has 16 heavy (non-hydrogen) atoms. The molecular weight excluding hydrogens is 200 g/mol. The summed E-state index contributed by atoms with van der Waals surface area (Å²) < 4.78 is 5.16. The Morgan fingerprint density at radius 1 is 1.25 bits per heavy atom. The van der Waals surface area contributed by atoms with E-state index < -0.39 is 0 Å². The minimum absolute atomic E-state index is 0.156. The third-order valence-corrected chi connectivity index (χ3v) is 2.13. The van der Waals surface area contributed by atoms with Gasteiger partial charge < -0.3 is 4.74 Å². The third-order valence-electron chi connectivity index (χ3n) is 2.13. The Morgan fingerprint density at radius 2 is 2.00 bits per heavy atom. The minimum Gasteiger partial charge on any atom is -0.427 e. The fourth-order valence-corrected chi connectivity index (χ4v) is 1.32. The predicted octanol–water partition coefficient (Wildman–Crippen LogP) is 3.73. The van der Waals surface area contributed by atoms with Gasteiger partial charge in [-0.05, 0) is 31.4 Å². The second-order valence-corrected chi connectivity index (χ2v) is 3.56. The molecule has 0 saturated heterocycles. The Kier molecular flexibility index (Phi) is 6.00. The summed E-state index contributed by atoms with van der Waals surface area (Å²) in [7, 11) is 0. The molecule has 0 unspecified atom stereocenters. The van der Waals surface area contributed by atoms with E-state index in [1.807, 2.05) is 18.2 Å². The summed E-state index contributed by atoms with van der Waals surface area (Å²) in [6, 6.07) is 9.18. The molecule has 0 fully saturated rings. The first-order valence-corrected chi connectivity index (χ1v) is 5.73. The summed E-state index contributed by atoms with van der Waals surface area (Å²) in [6.45, 7) is 2.10. The van der Waals surface area contributed by atoms with E-state index in [9.17, 15) is 4.79 Å². The fraction of sp³-hybridized carbons (Fsp3) is 0.357. The molecule has 0 saturated carbocycles. The van der Waals surface area contributed by atoms with Gasteiger partial charge in [0.1, 0.15) is 5.75 Å². The maximum absolute atomic E-state index is 11.4. The Bertz CT molecular complexity index is 328. The van der Waals surface area contributed by atoms with E-state index in [-0.39, 0.29) is 5.97 Å². The number of unbranched alkanes of at least 4 members (excludes halogenated alkanes) is 1. The van der Waals surface area contributed by atoms with Crippen LogP contribution in [0.25, 0.3) is 0 Å². The van der Waals surface area contributed by atoms with Gasteiger partial charge in [0.15, 0.2) is 0 Å². The quantitative estimate of drug-likeness (QED) is 0.315. The van der Waals surface area contributed by atoms with Gasteiger partial charge in [0, 0.05) is 6.42 Å². The molecule has 0 aliphatic carbocycles. The molecule has 0 spiro atoms. The van der Waals surface area contributed by atoms with Crippen molar-refractivity contribution in [2.75, 3.05) is 0 Å². The predicted molar refractivity (Wildman–Crippen MR) is 65.4 cm³/mol. The van der Waals surface area contributed by atoms with Crippen molar-refractivity contribution in [3.8, 4) is 5.75 Å². The van der Waals surface area contributed by atoms with Crippen LogP contribution in [0.3, 0.4) is 0 Å². The number of para-hydroxylation sites is 1. The lowest BCUT2D eigenvalue weighted by atomic mass is 10.2. The van der Waals surface area contributed by atoms with Gasteiger partial charge in [0.2, 0.25) is 0 Å². The Labute approximate surface area is 96.9 Å². The second kappa shape index (κ2) is 7.69. The lowest BCUT2D eigenvalue weighted by Crippen LogP contribution is -2.06. The summed E-state index contributed by atoms with van der Waals surface area (Å²) in [5.74, 6) is 0.465. The van der Waals surface area contributed by atoms with Gasteiger partial charge >= 0.3 is 5.97 Å². The van der Waals surface area contributed by atoms with Crippen molar-refractivity contribution >= 4 is 5.97 Å². The number of ether oxygens (including phenoxy) is 1. The molecule has 1 aromatic carbocycles. The van der Waals surface area contributed by atoms with Crippen molar-refractivity contribution in [2.24, 2.45) is 0 Å². The molecule has 2 nitrogen and oxygen atoms in total. The van der Waals surface area contributed by atoms with Gasteiger partial charge in [0.25, 0.3) is 0 Å². The standard InChI is InChI=1S/C14H18O2/c1-2-3-4-5-9-12-14(15)16-13-10-7-6-8-11-13/h3-4,6-8,10-11H,2,5,9,12H2,1H3/b4-3-. The maximum Gasteiger partial charge on any atom is 0.311 e. The molecule has 0 atom stereocenters. The Balaban J connectivity index is 2.19. The summed E-state index contributed by atoms with van der Waals surface area (Å²) in [5.41, 5.74) is 0. The monoisotopic (exact) mass is 218 g/mol. The van der Waals surface area contributed by atoms with Crippen LogP contribution in [0.15, 0.2) is 42.5 Å². The zero-order valence-corrected chi connectivity index (χ0v) is 9.69. The highest BCUT2D eigenvalue weighted by molar-refractivity contribution is 5.72. The van der Waals surface area contributed by atoms with Crippen LogP contribution in [0.4, 0.5) is 0 Å². The molecule has 0 aromatic heterocycles. The lowest BCUT2D eigenvalue weighted by molar-refractivity contribution is -0.134. The average Bonchev–Trinajstić information content (AvgIpc) is 2.30. The van der Waals surface area contributed by atoms with Crippen molar-refractivity contribution in [3.05, 3.63) is 42.5 Å². The fourth-order valence-electron chi connectivity index (χ4n) is 1.32. The molecule has 0 radical (unpaired) electrons. The molecule has 0 amide bonds. The first kappa shape index (κ1) is 12.5. The molecular formula is C14H18O2. The maximum atomic E-state index is 11.4. The van der Waals surface area contributed by atoms with E-state index in [0.717, 1.165) is 19.3 Å². The number of benzene rings is 1. The number of rotatable bonds is 6. The van der Waals surface area contributed by atoms with Crippen molar-refractivity contribution < 1.29 is 9.53 Å². The largest absolute Gasteiger partial charge is 0.427 e. The number of allylic oxidation sites excluding steroid dienone is 2. The van der Waals surface area contributed by atoms with Crippen LogP contribution in [-0.2, 0) is 4.79 Å². The van der Waals surface area contributed by atoms with E-state index >= 15 is 0 Å². The summed E-state index contributed by atoms with van der Waals surface area (Å²) in [5, 5.41) is 0. The smallest absolute Gasteiger partial charge is 0.311 e. The lowest BCUT2D eigenvalue weighted by Gasteiger charge is -2.02. The number of hydrogen-bond acceptors (Lipinski definition) is 2. The van der Waals surface area contributed by atoms with Crippen molar-refractivity contribution in [1.82, 2.24) is 0 Å². The van der Waals surface area contributed by atoms with E-state index in [2.05, 4.69) is 19.1 Å². The zero-order chi connectivity index (χ0) is 11.6. The number of carbonyl (C=O) groups is 1. The molecule has 0 aliphatic rings. The van der Waals surface area contributed by atoms with Gasteiger partial charge in [-0.15, -0.1) is 0 Å². The summed E-state index contributed by atoms with van der Waals surface area (Å²) >= 11 is 0. The molecule has 1 rings (SSSR count). The number of hydrogen-bond donors (Lipinski definition) is 0. The molecule has 2 heteroatoms. The van der Waals surface area contributed by atoms with Crippen LogP contribution in [0.5, 0.6) is 5.75 Å². The highest BCUT2D eigenvalue weighted by Gasteiger charge is 2.02. The SMILES string of the molecule is CC/C=C\CCCC(=O)Oc1ccccc1. The molecule has 1 aromatic rings. The van der Waals surface area contributed by atoms with Crippen LogP contribution in [0, 0.1) is 0 Å². The summed E-state index contributed by atoms with van der Waals surface area (Å²) in [6.07, 6.45) is 7.54. The molecule has 0 aliphatic heterocycles. The van der Waals surface area contributed by atoms with E-state index in [0.29, 0.717) is 12.2 Å². The topological polar surface area (TPSA) is 26.3 Å². The second-order valence-electron chi connectivity index (χ2n) is 3.56. The van der Waals surface area contributed by atoms with Crippen LogP contribution in [0.1, 0.15) is 32.6 Å². The van der Waals surface area contributed by atoms with Crippen molar-refractivity contribution in [2.45, 2.75) is 32.6 Å². The zero-order valence-electron chi connectivity index (χ0n) is 9.69. The van der Waals surface area contributed by atoms with Crippen LogP contribution in [-0.4, -0.2) is 5.97 Å².